The maximum Gasteiger partial charge on any atom is 0.273 e. The number of aromatic nitrogens is 3. The van der Waals surface area contributed by atoms with Crippen LogP contribution in [0.25, 0.3) is 28.0 Å². The van der Waals surface area contributed by atoms with Crippen LogP contribution in [-0.2, 0) is 0 Å². The van der Waals surface area contributed by atoms with Crippen molar-refractivity contribution in [3.8, 4) is 28.1 Å². The highest BCUT2D eigenvalue weighted by Crippen LogP contribution is 2.30. The Bertz CT molecular complexity index is 1110. The minimum Gasteiger partial charge on any atom is -0.496 e. The van der Waals surface area contributed by atoms with Crippen LogP contribution in [0.2, 0.25) is 0 Å². The molecule has 0 spiro atoms. The first-order valence-corrected chi connectivity index (χ1v) is 8.00. The number of rotatable bonds is 3. The third kappa shape index (κ3) is 2.50. The molecule has 0 saturated heterocycles. The molecule has 25 heavy (non-hydrogen) atoms. The molecule has 0 fully saturated rings. The molecule has 2 aromatic heterocycles. The molecule has 0 atom stereocenters. The van der Waals surface area contributed by atoms with E-state index in [1.165, 1.54) is 10.6 Å². The van der Waals surface area contributed by atoms with Gasteiger partial charge < -0.3 is 4.74 Å². The lowest BCUT2D eigenvalue weighted by atomic mass is 10.1. The fourth-order valence-corrected chi connectivity index (χ4v) is 3.09. The van der Waals surface area contributed by atoms with Gasteiger partial charge in [-0.15, -0.1) is 0 Å². The summed E-state index contributed by atoms with van der Waals surface area (Å²) in [7, 11) is 1.61. The molecule has 0 saturated carbocycles. The molecule has 2 heterocycles. The molecule has 0 unspecified atom stereocenters. The fourth-order valence-electron chi connectivity index (χ4n) is 3.09. The Morgan fingerprint density at radius 2 is 1.76 bits per heavy atom. The van der Waals surface area contributed by atoms with Gasteiger partial charge in [0.25, 0.3) is 5.56 Å². The van der Waals surface area contributed by atoms with Crippen molar-refractivity contribution in [2.45, 2.75) is 6.92 Å². The smallest absolute Gasteiger partial charge is 0.273 e. The van der Waals surface area contributed by atoms with Crippen molar-refractivity contribution < 1.29 is 4.74 Å². The number of methoxy groups -OCH3 is 1. The van der Waals surface area contributed by atoms with E-state index in [0.29, 0.717) is 17.1 Å². The Morgan fingerprint density at radius 1 is 1.04 bits per heavy atom. The van der Waals surface area contributed by atoms with Gasteiger partial charge in [0.1, 0.15) is 5.75 Å². The number of para-hydroxylation sites is 1. The van der Waals surface area contributed by atoms with E-state index >= 15 is 0 Å². The van der Waals surface area contributed by atoms with E-state index in [4.69, 9.17) is 9.72 Å². The van der Waals surface area contributed by atoms with Gasteiger partial charge in [-0.25, -0.2) is 9.50 Å². The second-order valence-corrected chi connectivity index (χ2v) is 5.82. The minimum atomic E-state index is -0.156. The van der Waals surface area contributed by atoms with E-state index in [9.17, 15) is 4.79 Å². The predicted molar refractivity (Wildman–Crippen MR) is 98.0 cm³/mol. The number of aryl methyl sites for hydroxylation is 1. The molecule has 4 aromatic rings. The van der Waals surface area contributed by atoms with Crippen LogP contribution < -0.4 is 10.3 Å². The van der Waals surface area contributed by atoms with E-state index < -0.39 is 0 Å². The average Bonchev–Trinajstić information content (AvgIpc) is 2.99. The fraction of sp³-hybridized carbons (Fsp3) is 0.100. The Kier molecular flexibility index (Phi) is 3.61. The monoisotopic (exact) mass is 331 g/mol. The Hall–Kier alpha value is -3.34. The normalized spacial score (nSPS) is 11.0. The van der Waals surface area contributed by atoms with Crippen LogP contribution in [0.3, 0.4) is 0 Å². The molecule has 0 amide bonds. The average molecular weight is 331 g/mol. The number of fused-ring (bicyclic) bond motifs is 1. The molecule has 5 heteroatoms. The molecule has 2 aromatic carbocycles. The zero-order valence-electron chi connectivity index (χ0n) is 14.0. The molecule has 0 aliphatic rings. The lowest BCUT2D eigenvalue weighted by Gasteiger charge is -2.08. The Labute approximate surface area is 144 Å². The third-order valence-electron chi connectivity index (χ3n) is 4.24. The standard InChI is InChI=1S/C20H17N3O2/c1-13-19(14-8-4-3-5-9-14)20-21-16(12-18(24)23(20)22-13)15-10-6-7-11-17(15)25-2/h3-12,22H,1-2H3. The first-order valence-electron chi connectivity index (χ1n) is 8.00. The summed E-state index contributed by atoms with van der Waals surface area (Å²) < 4.78 is 6.90. The van der Waals surface area contributed by atoms with Crippen LogP contribution in [0.1, 0.15) is 5.69 Å². The molecule has 0 aliphatic carbocycles. The van der Waals surface area contributed by atoms with E-state index in [2.05, 4.69) is 5.10 Å². The van der Waals surface area contributed by atoms with Crippen LogP contribution in [0.4, 0.5) is 0 Å². The van der Waals surface area contributed by atoms with Crippen molar-refractivity contribution in [2.24, 2.45) is 0 Å². The molecule has 1 N–H and O–H groups in total. The van der Waals surface area contributed by atoms with Gasteiger partial charge in [-0.3, -0.25) is 9.89 Å². The summed E-state index contributed by atoms with van der Waals surface area (Å²) in [6.45, 7) is 1.94. The largest absolute Gasteiger partial charge is 0.496 e. The predicted octanol–water partition coefficient (Wildman–Crippen LogP) is 3.67. The van der Waals surface area contributed by atoms with Gasteiger partial charge >= 0.3 is 0 Å². The van der Waals surface area contributed by atoms with Gasteiger partial charge in [-0.05, 0) is 24.6 Å². The van der Waals surface area contributed by atoms with Gasteiger partial charge in [0.05, 0.1) is 12.8 Å². The van der Waals surface area contributed by atoms with Crippen molar-refractivity contribution in [3.63, 3.8) is 0 Å². The summed E-state index contributed by atoms with van der Waals surface area (Å²) >= 11 is 0. The topological polar surface area (TPSA) is 59.4 Å². The molecule has 0 radical (unpaired) electrons. The molecule has 124 valence electrons. The van der Waals surface area contributed by atoms with Gasteiger partial charge in [-0.1, -0.05) is 42.5 Å². The lowest BCUT2D eigenvalue weighted by molar-refractivity contribution is 0.416. The number of nitrogens with zero attached hydrogens (tertiary/aromatic N) is 2. The molecule has 4 rings (SSSR count). The Balaban J connectivity index is 2.03. The number of ether oxygens (including phenoxy) is 1. The quantitative estimate of drug-likeness (QED) is 0.623. The van der Waals surface area contributed by atoms with Crippen molar-refractivity contribution in [1.82, 2.24) is 14.6 Å². The first kappa shape index (κ1) is 15.2. The van der Waals surface area contributed by atoms with Crippen LogP contribution in [0.5, 0.6) is 5.75 Å². The van der Waals surface area contributed by atoms with Crippen LogP contribution in [0, 0.1) is 6.92 Å². The molecular formula is C20H17N3O2. The van der Waals surface area contributed by atoms with Crippen LogP contribution >= 0.6 is 0 Å². The number of H-pyrrole nitrogens is 1. The summed E-state index contributed by atoms with van der Waals surface area (Å²) in [6.07, 6.45) is 0. The summed E-state index contributed by atoms with van der Waals surface area (Å²) in [5.41, 5.74) is 4.68. The van der Waals surface area contributed by atoms with E-state index in [1.54, 1.807) is 7.11 Å². The van der Waals surface area contributed by atoms with E-state index in [0.717, 1.165) is 22.4 Å². The highest BCUT2D eigenvalue weighted by atomic mass is 16.5. The highest BCUT2D eigenvalue weighted by molar-refractivity contribution is 5.81. The van der Waals surface area contributed by atoms with Crippen molar-refractivity contribution >= 4 is 5.65 Å². The zero-order chi connectivity index (χ0) is 17.4. The zero-order valence-corrected chi connectivity index (χ0v) is 14.0. The summed E-state index contributed by atoms with van der Waals surface area (Å²) in [6, 6.07) is 19.0. The van der Waals surface area contributed by atoms with Gasteiger partial charge in [0.2, 0.25) is 0 Å². The van der Waals surface area contributed by atoms with E-state index in [1.807, 2.05) is 61.5 Å². The Morgan fingerprint density at radius 3 is 2.52 bits per heavy atom. The van der Waals surface area contributed by atoms with E-state index in [-0.39, 0.29) is 5.56 Å². The van der Waals surface area contributed by atoms with Crippen molar-refractivity contribution in [1.29, 1.82) is 0 Å². The highest BCUT2D eigenvalue weighted by Gasteiger charge is 2.16. The number of hydrogen-bond acceptors (Lipinski definition) is 3. The van der Waals surface area contributed by atoms with Crippen molar-refractivity contribution in [3.05, 3.63) is 76.7 Å². The summed E-state index contributed by atoms with van der Waals surface area (Å²) in [5, 5.41) is 3.11. The molecule has 5 nitrogen and oxygen atoms in total. The lowest BCUT2D eigenvalue weighted by Crippen LogP contribution is -2.14. The second kappa shape index (κ2) is 5.94. The number of nitrogens with one attached hydrogen (secondary N) is 1. The van der Waals surface area contributed by atoms with Gasteiger partial charge in [-0.2, -0.15) is 0 Å². The van der Waals surface area contributed by atoms with Gasteiger partial charge in [0.15, 0.2) is 5.65 Å². The second-order valence-electron chi connectivity index (χ2n) is 5.82. The maximum absolute atomic E-state index is 12.6. The SMILES string of the molecule is COc1ccccc1-c1cc(=O)n2[nH]c(C)c(-c3ccccc3)c2n1. The molecule has 0 aliphatic heterocycles. The van der Waals surface area contributed by atoms with Gasteiger partial charge in [0, 0.05) is 22.9 Å². The van der Waals surface area contributed by atoms with Crippen LogP contribution in [-0.4, -0.2) is 21.7 Å². The molecular weight excluding hydrogens is 314 g/mol. The number of aromatic amines is 1. The minimum absolute atomic E-state index is 0.156. The number of hydrogen-bond donors (Lipinski definition) is 1. The number of benzene rings is 2. The summed E-state index contributed by atoms with van der Waals surface area (Å²) in [5.74, 6) is 0.687. The summed E-state index contributed by atoms with van der Waals surface area (Å²) in [4.78, 5) is 17.4. The first-order chi connectivity index (χ1) is 12.2. The van der Waals surface area contributed by atoms with Crippen molar-refractivity contribution in [2.75, 3.05) is 7.11 Å². The maximum atomic E-state index is 12.6. The molecule has 0 bridgehead atoms. The van der Waals surface area contributed by atoms with Crippen LogP contribution in [0.15, 0.2) is 65.5 Å². The third-order valence-corrected chi connectivity index (χ3v) is 4.24.